The van der Waals surface area contributed by atoms with Gasteiger partial charge in [-0.1, -0.05) is 30.3 Å². The monoisotopic (exact) mass is 519 g/mol. The molecule has 1 amide bonds. The molecule has 37 heavy (non-hydrogen) atoms. The number of nitrogens with zero attached hydrogens (tertiary/aromatic N) is 2. The average Bonchev–Trinajstić information content (AvgIpc) is 2.93. The molecule has 9 nitrogen and oxygen atoms in total. The topological polar surface area (TPSA) is 119 Å². The maximum Gasteiger partial charge on any atom is 0.258 e. The van der Waals surface area contributed by atoms with Crippen molar-refractivity contribution in [2.75, 3.05) is 19.7 Å². The molecule has 1 N–H and O–H groups in total. The Hall–Kier alpha value is -4.02. The standard InChI is InChI=1S/C27H25N3O6S/c31-26(29-20-10-13-30(14-11-20)37(33,34)22-7-4-12-28-16-22)18-35-21-8-9-23-25(15-21)36-17-24(27(23)32)19-5-2-1-3-6-19/h1-9,12,15-17,20H,10-11,13-14,18H2,(H,29,31). The second-order valence-electron chi connectivity index (χ2n) is 8.73. The number of hydrogen-bond acceptors (Lipinski definition) is 7. The van der Waals surface area contributed by atoms with E-state index in [1.165, 1.54) is 29.0 Å². The van der Waals surface area contributed by atoms with E-state index in [-0.39, 0.29) is 28.9 Å². The Morgan fingerprint density at radius 2 is 1.86 bits per heavy atom. The fourth-order valence-corrected chi connectivity index (χ4v) is 5.76. The van der Waals surface area contributed by atoms with Crippen LogP contribution in [0.5, 0.6) is 5.75 Å². The molecule has 4 aromatic rings. The first-order valence-electron chi connectivity index (χ1n) is 11.8. The molecule has 2 aromatic heterocycles. The van der Waals surface area contributed by atoms with Crippen LogP contribution in [0.15, 0.2) is 93.4 Å². The summed E-state index contributed by atoms with van der Waals surface area (Å²) in [5, 5.41) is 3.32. The SMILES string of the molecule is O=C(COc1ccc2c(=O)c(-c3ccccc3)coc2c1)NC1CCN(S(=O)(=O)c2cccnc2)CC1. The van der Waals surface area contributed by atoms with E-state index in [4.69, 9.17) is 9.15 Å². The van der Waals surface area contributed by atoms with E-state index < -0.39 is 10.0 Å². The highest BCUT2D eigenvalue weighted by Crippen LogP contribution is 2.23. The molecule has 2 aromatic carbocycles. The molecule has 3 heterocycles. The van der Waals surface area contributed by atoms with E-state index in [1.54, 1.807) is 24.3 Å². The van der Waals surface area contributed by atoms with Crippen LogP contribution in [0.25, 0.3) is 22.1 Å². The summed E-state index contributed by atoms with van der Waals surface area (Å²) in [5.74, 6) is 0.0881. The van der Waals surface area contributed by atoms with Crippen LogP contribution in [0.4, 0.5) is 0 Å². The molecule has 0 atom stereocenters. The van der Waals surface area contributed by atoms with Crippen LogP contribution in [0.3, 0.4) is 0 Å². The van der Waals surface area contributed by atoms with Crippen molar-refractivity contribution in [1.29, 1.82) is 0 Å². The molecule has 1 aliphatic rings. The predicted molar refractivity (Wildman–Crippen MR) is 138 cm³/mol. The van der Waals surface area contributed by atoms with Crippen LogP contribution in [-0.2, 0) is 14.8 Å². The number of hydrogen-bond donors (Lipinski definition) is 1. The van der Waals surface area contributed by atoms with Crippen molar-refractivity contribution < 1.29 is 22.4 Å². The van der Waals surface area contributed by atoms with E-state index in [0.29, 0.717) is 48.2 Å². The molecule has 5 rings (SSSR count). The Labute approximate surface area is 213 Å². The van der Waals surface area contributed by atoms with E-state index >= 15 is 0 Å². The summed E-state index contributed by atoms with van der Waals surface area (Å²) in [6, 6.07) is 17.1. The van der Waals surface area contributed by atoms with Gasteiger partial charge in [0.25, 0.3) is 5.91 Å². The summed E-state index contributed by atoms with van der Waals surface area (Å²) in [7, 11) is -3.60. The number of carbonyl (C=O) groups excluding carboxylic acids is 1. The summed E-state index contributed by atoms with van der Waals surface area (Å²) >= 11 is 0. The van der Waals surface area contributed by atoms with Gasteiger partial charge in [-0.2, -0.15) is 4.31 Å². The Kier molecular flexibility index (Phi) is 7.02. The number of pyridine rings is 1. The number of sulfonamides is 1. The second kappa shape index (κ2) is 10.5. The lowest BCUT2D eigenvalue weighted by Gasteiger charge is -2.31. The smallest absolute Gasteiger partial charge is 0.258 e. The number of fused-ring (bicyclic) bond motifs is 1. The number of nitrogens with one attached hydrogen (secondary N) is 1. The zero-order valence-electron chi connectivity index (χ0n) is 19.9. The van der Waals surface area contributed by atoms with Gasteiger partial charge in [-0.3, -0.25) is 14.6 Å². The Morgan fingerprint density at radius 1 is 1.08 bits per heavy atom. The van der Waals surface area contributed by atoms with Gasteiger partial charge in [-0.15, -0.1) is 0 Å². The summed E-state index contributed by atoms with van der Waals surface area (Å²) in [4.78, 5) is 29.4. The average molecular weight is 520 g/mol. The molecule has 0 radical (unpaired) electrons. The predicted octanol–water partition coefficient (Wildman–Crippen LogP) is 3.20. The van der Waals surface area contributed by atoms with Gasteiger partial charge < -0.3 is 14.5 Å². The van der Waals surface area contributed by atoms with Crippen LogP contribution in [0, 0.1) is 0 Å². The molecule has 0 saturated carbocycles. The maximum atomic E-state index is 12.9. The molecular formula is C27H25N3O6S. The Bertz CT molecular complexity index is 1560. The highest BCUT2D eigenvalue weighted by molar-refractivity contribution is 7.89. The molecule has 190 valence electrons. The lowest BCUT2D eigenvalue weighted by molar-refractivity contribution is -0.124. The maximum absolute atomic E-state index is 12.9. The van der Waals surface area contributed by atoms with Gasteiger partial charge in [0.1, 0.15) is 22.5 Å². The molecule has 1 saturated heterocycles. The normalized spacial score (nSPS) is 14.9. The summed E-state index contributed by atoms with van der Waals surface area (Å²) in [5.41, 5.74) is 1.47. The minimum absolute atomic E-state index is 0.145. The summed E-state index contributed by atoms with van der Waals surface area (Å²) in [6.07, 6.45) is 5.28. The first-order valence-corrected chi connectivity index (χ1v) is 13.3. The zero-order valence-corrected chi connectivity index (χ0v) is 20.7. The van der Waals surface area contributed by atoms with E-state index in [2.05, 4.69) is 10.3 Å². The highest BCUT2D eigenvalue weighted by atomic mass is 32.2. The number of carbonyl (C=O) groups is 1. The van der Waals surface area contributed by atoms with E-state index in [9.17, 15) is 18.0 Å². The van der Waals surface area contributed by atoms with Crippen molar-refractivity contribution in [3.05, 3.63) is 89.5 Å². The first-order chi connectivity index (χ1) is 17.9. The number of amides is 1. The van der Waals surface area contributed by atoms with E-state index in [0.717, 1.165) is 5.56 Å². The largest absolute Gasteiger partial charge is 0.484 e. The lowest BCUT2D eigenvalue weighted by Crippen LogP contribution is -2.47. The third kappa shape index (κ3) is 5.40. The third-order valence-electron chi connectivity index (χ3n) is 6.29. The van der Waals surface area contributed by atoms with Crippen molar-refractivity contribution in [2.45, 2.75) is 23.8 Å². The molecule has 1 fully saturated rings. The van der Waals surface area contributed by atoms with Gasteiger partial charge in [-0.25, -0.2) is 8.42 Å². The molecule has 10 heteroatoms. The lowest BCUT2D eigenvalue weighted by atomic mass is 10.1. The minimum atomic E-state index is -3.60. The van der Waals surface area contributed by atoms with Crippen LogP contribution in [-0.4, -0.2) is 49.4 Å². The van der Waals surface area contributed by atoms with Gasteiger partial charge in [0.2, 0.25) is 10.0 Å². The third-order valence-corrected chi connectivity index (χ3v) is 8.17. The number of ether oxygens (including phenoxy) is 1. The van der Waals surface area contributed by atoms with Crippen molar-refractivity contribution in [3.8, 4) is 16.9 Å². The minimum Gasteiger partial charge on any atom is -0.484 e. The Balaban J connectivity index is 1.16. The van der Waals surface area contributed by atoms with Crippen molar-refractivity contribution in [1.82, 2.24) is 14.6 Å². The molecule has 0 bridgehead atoms. The van der Waals surface area contributed by atoms with Gasteiger partial charge in [0.05, 0.1) is 10.9 Å². The summed E-state index contributed by atoms with van der Waals surface area (Å²) < 4.78 is 38.2. The fraction of sp³-hybridized carbons (Fsp3) is 0.222. The van der Waals surface area contributed by atoms with E-state index in [1.807, 2.05) is 30.3 Å². The first kappa shape index (κ1) is 24.7. The second-order valence-corrected chi connectivity index (χ2v) is 10.7. The number of rotatable bonds is 7. The molecule has 0 spiro atoms. The Morgan fingerprint density at radius 3 is 2.59 bits per heavy atom. The zero-order chi connectivity index (χ0) is 25.8. The van der Waals surface area contributed by atoms with Gasteiger partial charge >= 0.3 is 0 Å². The van der Waals surface area contributed by atoms with Gasteiger partial charge in [0.15, 0.2) is 12.0 Å². The van der Waals surface area contributed by atoms with Gasteiger partial charge in [0, 0.05) is 37.6 Å². The van der Waals surface area contributed by atoms with Crippen molar-refractivity contribution in [2.24, 2.45) is 0 Å². The summed E-state index contributed by atoms with van der Waals surface area (Å²) in [6.45, 7) is 0.390. The number of aromatic nitrogens is 1. The quantitative estimate of drug-likeness (QED) is 0.398. The molecule has 0 unspecified atom stereocenters. The van der Waals surface area contributed by atoms with Crippen LogP contribution in [0.1, 0.15) is 12.8 Å². The fourth-order valence-electron chi connectivity index (χ4n) is 4.32. The van der Waals surface area contributed by atoms with Gasteiger partial charge in [-0.05, 0) is 42.7 Å². The highest BCUT2D eigenvalue weighted by Gasteiger charge is 2.30. The van der Waals surface area contributed by atoms with Crippen molar-refractivity contribution in [3.63, 3.8) is 0 Å². The van der Waals surface area contributed by atoms with Crippen LogP contribution in [0.2, 0.25) is 0 Å². The van der Waals surface area contributed by atoms with Crippen LogP contribution < -0.4 is 15.5 Å². The number of benzene rings is 2. The number of piperidine rings is 1. The van der Waals surface area contributed by atoms with Crippen molar-refractivity contribution >= 4 is 26.9 Å². The molecular weight excluding hydrogens is 494 g/mol. The molecule has 0 aliphatic carbocycles. The molecule has 1 aliphatic heterocycles. The van der Waals surface area contributed by atoms with Crippen LogP contribution >= 0.6 is 0 Å².